The lowest BCUT2D eigenvalue weighted by molar-refractivity contribution is -0.131. The van der Waals surface area contributed by atoms with Crippen LogP contribution in [0, 0.1) is 0 Å². The van der Waals surface area contributed by atoms with Crippen LogP contribution in [0.5, 0.6) is 0 Å². The lowest BCUT2D eigenvalue weighted by Gasteiger charge is -2.31. The second-order valence-electron chi connectivity index (χ2n) is 5.06. The monoisotopic (exact) mass is 247 g/mol. The smallest absolute Gasteiger partial charge is 0.258 e. The van der Waals surface area contributed by atoms with Crippen LogP contribution in [0.15, 0.2) is 30.3 Å². The molecule has 1 aliphatic rings. The van der Waals surface area contributed by atoms with E-state index in [0.717, 1.165) is 31.5 Å². The molecule has 4 heteroatoms. The molecule has 98 valence electrons. The topological polar surface area (TPSA) is 58.4 Å². The molecule has 1 unspecified atom stereocenters. The van der Waals surface area contributed by atoms with E-state index < -0.39 is 5.54 Å². The first-order valence-electron chi connectivity index (χ1n) is 6.51. The van der Waals surface area contributed by atoms with Gasteiger partial charge in [-0.1, -0.05) is 36.8 Å². The maximum absolute atomic E-state index is 12.3. The Kier molecular flexibility index (Phi) is 3.99. The molecule has 1 atom stereocenters. The van der Waals surface area contributed by atoms with Crippen molar-refractivity contribution < 1.29 is 4.79 Å². The fourth-order valence-electron chi connectivity index (χ4n) is 2.18. The normalized spacial score (nSPS) is 20.1. The van der Waals surface area contributed by atoms with Gasteiger partial charge < -0.3 is 5.73 Å². The molecule has 1 fully saturated rings. The van der Waals surface area contributed by atoms with Gasteiger partial charge in [0, 0.05) is 13.1 Å². The molecule has 0 aliphatic carbocycles. The van der Waals surface area contributed by atoms with E-state index in [1.165, 1.54) is 6.42 Å². The van der Waals surface area contributed by atoms with Crippen molar-refractivity contribution in [3.63, 3.8) is 0 Å². The van der Waals surface area contributed by atoms with Gasteiger partial charge in [0.25, 0.3) is 5.91 Å². The highest BCUT2D eigenvalue weighted by molar-refractivity contribution is 5.86. The van der Waals surface area contributed by atoms with Crippen LogP contribution in [-0.4, -0.2) is 24.0 Å². The van der Waals surface area contributed by atoms with Gasteiger partial charge in [0.05, 0.1) is 0 Å². The number of benzene rings is 1. The van der Waals surface area contributed by atoms with E-state index in [1.807, 2.05) is 35.3 Å². The van der Waals surface area contributed by atoms with Crippen LogP contribution >= 0.6 is 0 Å². The number of piperidine rings is 1. The molecule has 3 N–H and O–H groups in total. The Morgan fingerprint density at radius 2 is 1.83 bits per heavy atom. The van der Waals surface area contributed by atoms with Gasteiger partial charge in [-0.3, -0.25) is 10.2 Å². The number of amides is 1. The predicted octanol–water partition coefficient (Wildman–Crippen LogP) is 1.38. The maximum Gasteiger partial charge on any atom is 0.258 e. The minimum atomic E-state index is -0.987. The van der Waals surface area contributed by atoms with E-state index >= 15 is 0 Å². The molecule has 1 aliphatic heterocycles. The highest BCUT2D eigenvalue weighted by atomic mass is 16.2. The van der Waals surface area contributed by atoms with Gasteiger partial charge in [-0.2, -0.15) is 0 Å². The van der Waals surface area contributed by atoms with Crippen molar-refractivity contribution in [2.24, 2.45) is 5.73 Å². The lowest BCUT2D eigenvalue weighted by atomic mass is 9.92. The van der Waals surface area contributed by atoms with Crippen LogP contribution in [0.2, 0.25) is 0 Å². The Balaban J connectivity index is 2.03. The number of hydrogen-bond acceptors (Lipinski definition) is 3. The molecule has 2 rings (SSSR count). The molecule has 18 heavy (non-hydrogen) atoms. The van der Waals surface area contributed by atoms with Gasteiger partial charge in [0.1, 0.15) is 5.54 Å². The van der Waals surface area contributed by atoms with Gasteiger partial charge in [0.15, 0.2) is 0 Å². The van der Waals surface area contributed by atoms with Crippen LogP contribution in [0.3, 0.4) is 0 Å². The van der Waals surface area contributed by atoms with Crippen molar-refractivity contribution in [2.45, 2.75) is 31.7 Å². The number of carbonyl (C=O) groups excluding carboxylic acids is 1. The van der Waals surface area contributed by atoms with Crippen LogP contribution in [0.4, 0.5) is 0 Å². The molecule has 0 bridgehead atoms. The zero-order chi connectivity index (χ0) is 13.0. The average Bonchev–Trinajstić information content (AvgIpc) is 2.41. The van der Waals surface area contributed by atoms with Crippen molar-refractivity contribution in [2.75, 3.05) is 13.1 Å². The lowest BCUT2D eigenvalue weighted by Crippen LogP contribution is -2.55. The van der Waals surface area contributed by atoms with Gasteiger partial charge >= 0.3 is 0 Å². The van der Waals surface area contributed by atoms with Crippen LogP contribution in [0.1, 0.15) is 31.7 Å². The number of nitrogens with one attached hydrogen (secondary N) is 1. The number of nitrogens with two attached hydrogens (primary N) is 1. The third-order valence-electron chi connectivity index (χ3n) is 3.46. The number of hydrogen-bond donors (Lipinski definition) is 2. The SMILES string of the molecule is CC(N)(C(=O)NN1CCCCC1)c1ccccc1. The van der Waals surface area contributed by atoms with Crippen molar-refractivity contribution >= 4 is 5.91 Å². The van der Waals surface area contributed by atoms with Crippen LogP contribution in [-0.2, 0) is 10.3 Å². The molecule has 4 nitrogen and oxygen atoms in total. The zero-order valence-corrected chi connectivity index (χ0v) is 10.9. The summed E-state index contributed by atoms with van der Waals surface area (Å²) < 4.78 is 0. The third kappa shape index (κ3) is 2.89. The number of carbonyl (C=O) groups is 1. The van der Waals surface area contributed by atoms with Crippen LogP contribution in [0.25, 0.3) is 0 Å². The minimum Gasteiger partial charge on any atom is -0.314 e. The highest BCUT2D eigenvalue weighted by Crippen LogP contribution is 2.18. The fraction of sp³-hybridized carbons (Fsp3) is 0.500. The molecule has 0 radical (unpaired) electrons. The van der Waals surface area contributed by atoms with Crippen LogP contribution < -0.4 is 11.2 Å². The minimum absolute atomic E-state index is 0.143. The average molecular weight is 247 g/mol. The first kappa shape index (κ1) is 13.1. The molecule has 1 aromatic carbocycles. The summed E-state index contributed by atoms with van der Waals surface area (Å²) in [6.07, 6.45) is 3.50. The van der Waals surface area contributed by atoms with Gasteiger partial charge in [-0.25, -0.2) is 5.01 Å². The second kappa shape index (κ2) is 5.50. The van der Waals surface area contributed by atoms with E-state index in [4.69, 9.17) is 5.73 Å². The summed E-state index contributed by atoms with van der Waals surface area (Å²) in [7, 11) is 0. The van der Waals surface area contributed by atoms with E-state index in [-0.39, 0.29) is 5.91 Å². The Hall–Kier alpha value is -1.39. The maximum atomic E-state index is 12.3. The second-order valence-corrected chi connectivity index (χ2v) is 5.06. The van der Waals surface area contributed by atoms with Crippen molar-refractivity contribution in [1.29, 1.82) is 0 Å². The molecule has 0 spiro atoms. The summed E-state index contributed by atoms with van der Waals surface area (Å²) in [5.41, 5.74) is 8.93. The first-order valence-corrected chi connectivity index (χ1v) is 6.51. The molecule has 0 aromatic heterocycles. The van der Waals surface area contributed by atoms with Gasteiger partial charge in [-0.05, 0) is 25.3 Å². The Labute approximate surface area is 108 Å². The molecule has 1 heterocycles. The number of rotatable bonds is 3. The van der Waals surface area contributed by atoms with E-state index in [1.54, 1.807) is 6.92 Å². The number of hydrazine groups is 1. The number of nitrogens with zero attached hydrogens (tertiary/aromatic N) is 1. The molecule has 1 amide bonds. The fourth-order valence-corrected chi connectivity index (χ4v) is 2.18. The van der Waals surface area contributed by atoms with E-state index in [0.29, 0.717) is 0 Å². The summed E-state index contributed by atoms with van der Waals surface area (Å²) in [4.78, 5) is 12.3. The Morgan fingerprint density at radius 3 is 2.44 bits per heavy atom. The Morgan fingerprint density at radius 1 is 1.22 bits per heavy atom. The van der Waals surface area contributed by atoms with Crippen molar-refractivity contribution in [3.8, 4) is 0 Å². The summed E-state index contributed by atoms with van der Waals surface area (Å²) in [5, 5.41) is 1.97. The van der Waals surface area contributed by atoms with Gasteiger partial charge in [0.2, 0.25) is 0 Å². The molecule has 1 aromatic rings. The van der Waals surface area contributed by atoms with E-state index in [2.05, 4.69) is 5.43 Å². The summed E-state index contributed by atoms with van der Waals surface area (Å²) in [5.74, 6) is -0.143. The van der Waals surface area contributed by atoms with Crippen molar-refractivity contribution in [1.82, 2.24) is 10.4 Å². The first-order chi connectivity index (χ1) is 8.60. The summed E-state index contributed by atoms with van der Waals surface area (Å²) in [6.45, 7) is 3.58. The third-order valence-corrected chi connectivity index (χ3v) is 3.46. The summed E-state index contributed by atoms with van der Waals surface area (Å²) >= 11 is 0. The highest BCUT2D eigenvalue weighted by Gasteiger charge is 2.31. The molecule has 1 saturated heterocycles. The summed E-state index contributed by atoms with van der Waals surface area (Å²) in [6, 6.07) is 9.48. The molecular formula is C14H21N3O. The van der Waals surface area contributed by atoms with E-state index in [9.17, 15) is 4.79 Å². The zero-order valence-electron chi connectivity index (χ0n) is 10.9. The predicted molar refractivity (Wildman–Crippen MR) is 71.5 cm³/mol. The largest absolute Gasteiger partial charge is 0.314 e. The van der Waals surface area contributed by atoms with Crippen molar-refractivity contribution in [3.05, 3.63) is 35.9 Å². The van der Waals surface area contributed by atoms with Gasteiger partial charge in [-0.15, -0.1) is 0 Å². The molecular weight excluding hydrogens is 226 g/mol. The quantitative estimate of drug-likeness (QED) is 0.848. The molecule has 0 saturated carbocycles. The Bertz CT molecular complexity index is 397. The standard InChI is InChI=1S/C14H21N3O/c1-14(15,12-8-4-2-5-9-12)13(18)16-17-10-6-3-7-11-17/h2,4-5,8-9H,3,6-7,10-11,15H2,1H3,(H,16,18).